The molecule has 0 bridgehead atoms. The van der Waals surface area contributed by atoms with Gasteiger partial charge in [-0.25, -0.2) is 24.3 Å². The van der Waals surface area contributed by atoms with Gasteiger partial charge in [0.15, 0.2) is 0 Å². The van der Waals surface area contributed by atoms with Crippen molar-refractivity contribution in [2.75, 3.05) is 13.2 Å². The van der Waals surface area contributed by atoms with E-state index >= 15 is 0 Å². The molecule has 0 aliphatic carbocycles. The van der Waals surface area contributed by atoms with Gasteiger partial charge < -0.3 is 24.8 Å². The zero-order valence-electron chi connectivity index (χ0n) is 14.3. The third-order valence-corrected chi connectivity index (χ3v) is 4.82. The van der Waals surface area contributed by atoms with Crippen LogP contribution in [0.4, 0.5) is 0 Å². The van der Waals surface area contributed by atoms with Gasteiger partial charge >= 0.3 is 85.6 Å². The Morgan fingerprint density at radius 1 is 0.870 bits per heavy atom. The quantitative estimate of drug-likeness (QED) is 0.297. The first-order chi connectivity index (χ1) is 9.92. The van der Waals surface area contributed by atoms with Gasteiger partial charge in [-0.3, -0.25) is 0 Å². The molecule has 0 N–H and O–H groups in total. The molecule has 0 aliphatic heterocycles. The summed E-state index contributed by atoms with van der Waals surface area (Å²) in [5.41, 5.74) is -0.427. The van der Waals surface area contributed by atoms with E-state index in [1.165, 1.54) is 23.3 Å². The van der Waals surface area contributed by atoms with Crippen molar-refractivity contribution in [3.05, 3.63) is 60.7 Å². The summed E-state index contributed by atoms with van der Waals surface area (Å²) in [6.45, 7) is 10.3. The van der Waals surface area contributed by atoms with Crippen LogP contribution in [0.15, 0.2) is 60.7 Å². The largest absolute Gasteiger partial charge is 1.00 e. The number of hydrogen-bond acceptors (Lipinski definition) is 2. The maximum Gasteiger partial charge on any atom is -0.172 e. The van der Waals surface area contributed by atoms with Crippen LogP contribution in [0.1, 0.15) is 0 Å². The van der Waals surface area contributed by atoms with Crippen LogP contribution in [0.2, 0.25) is 26.2 Å². The van der Waals surface area contributed by atoms with Gasteiger partial charge in [-0.15, -0.1) is 0 Å². The molecule has 0 amide bonds. The fourth-order valence-electron chi connectivity index (χ4n) is 1.18. The van der Waals surface area contributed by atoms with E-state index in [1.807, 2.05) is 60.7 Å². The molecule has 0 spiro atoms. The van der Waals surface area contributed by atoms with E-state index in [0.29, 0.717) is 0 Å². The van der Waals surface area contributed by atoms with Gasteiger partial charge in [0.25, 0.3) is 0 Å². The van der Waals surface area contributed by atoms with E-state index in [-0.39, 0.29) is 24.8 Å². The van der Waals surface area contributed by atoms with Gasteiger partial charge in [-0.2, -0.15) is 36.4 Å². The van der Waals surface area contributed by atoms with E-state index in [9.17, 15) is 0 Å². The first kappa shape index (κ1) is 28.3. The Bertz CT molecular complexity index is 369. The molecule has 0 radical (unpaired) electrons. The average molecular weight is 469 g/mol. The Kier molecular flexibility index (Phi) is 23.2. The molecule has 7 heteroatoms. The normalized spacial score (nSPS) is 9.13. The van der Waals surface area contributed by atoms with Crippen LogP contribution in [0.25, 0.3) is 0 Å². The predicted octanol–water partition coefficient (Wildman–Crippen LogP) is -1.66. The molecule has 23 heavy (non-hydrogen) atoms. The molecule has 0 heterocycles. The SMILES string of the molecule is C[Si](=[Zr+2])OCCO[Si](C)(C)C.[Cl-].[Cl-].c1cc[cH-]c1.c1cc[cH-]c1. The first-order valence-electron chi connectivity index (χ1n) is 7.07. The molecule has 0 saturated carbocycles. The predicted molar refractivity (Wildman–Crippen MR) is 90.9 cm³/mol. The molecule has 0 saturated heterocycles. The molecule has 2 nitrogen and oxygen atoms in total. The number of halogens is 2. The van der Waals surface area contributed by atoms with Gasteiger partial charge in [0.1, 0.15) is 0 Å². The van der Waals surface area contributed by atoms with Crippen molar-refractivity contribution in [1.82, 2.24) is 0 Å². The third kappa shape index (κ3) is 27.6. The Labute approximate surface area is 170 Å². The van der Waals surface area contributed by atoms with Crippen LogP contribution in [0.3, 0.4) is 0 Å². The molecular weight excluding hydrogens is 442 g/mol. The van der Waals surface area contributed by atoms with Crippen molar-refractivity contribution in [3.8, 4) is 0 Å². The fourth-order valence-corrected chi connectivity index (χ4v) is 3.02. The second-order valence-corrected chi connectivity index (χ2v) is 16.4. The summed E-state index contributed by atoms with van der Waals surface area (Å²) < 4.78 is 11.1. The summed E-state index contributed by atoms with van der Waals surface area (Å²) in [6, 6.07) is 20.0. The molecule has 0 aliphatic rings. The van der Waals surface area contributed by atoms with Crippen molar-refractivity contribution < 1.29 is 57.0 Å². The van der Waals surface area contributed by atoms with Crippen molar-refractivity contribution in [2.24, 2.45) is 0 Å². The Balaban J connectivity index is -0.000000278. The summed E-state index contributed by atoms with van der Waals surface area (Å²) in [6.07, 6.45) is 0. The van der Waals surface area contributed by atoms with Crippen LogP contribution in [0.5, 0.6) is 0 Å². The molecule has 2 rings (SSSR count). The summed E-state index contributed by atoms with van der Waals surface area (Å²) in [5.74, 6) is 0. The topological polar surface area (TPSA) is 18.5 Å². The van der Waals surface area contributed by atoms with E-state index in [4.69, 9.17) is 8.85 Å². The number of hydrogen-bond donors (Lipinski definition) is 0. The molecular formula is C16H26Cl2O2Si2Zr-2. The van der Waals surface area contributed by atoms with E-state index in [1.54, 1.807) is 0 Å². The van der Waals surface area contributed by atoms with Crippen molar-refractivity contribution in [2.45, 2.75) is 26.2 Å². The molecule has 0 fully saturated rings. The summed E-state index contributed by atoms with van der Waals surface area (Å²) in [5, 5.41) is 0. The minimum absolute atomic E-state index is 0. The second kappa shape index (κ2) is 18.8. The smallest absolute Gasteiger partial charge is 0.172 e. The van der Waals surface area contributed by atoms with Crippen LogP contribution >= 0.6 is 0 Å². The van der Waals surface area contributed by atoms with Crippen LogP contribution < -0.4 is 24.8 Å². The number of rotatable bonds is 5. The minimum Gasteiger partial charge on any atom is -1.00 e. The monoisotopic (exact) mass is 466 g/mol. The second-order valence-electron chi connectivity index (χ2n) is 5.29. The van der Waals surface area contributed by atoms with E-state index < -0.39 is 14.0 Å². The standard InChI is InChI=1S/C6H16O2Si2.2C5H5.2ClH.Zr/c1-9-7-5-6-8-10(2,3)4;2*1-2-4-5-3-1;;;/h5-6H2,1-4H3;2*1-5H;2*1H;/q;2*-1;;;+2/p-2. The Morgan fingerprint density at radius 2 is 1.26 bits per heavy atom. The zero-order chi connectivity index (χ0) is 16.0. The van der Waals surface area contributed by atoms with Crippen LogP contribution in [0, 0.1) is 0 Å². The molecule has 2 aromatic carbocycles. The molecule has 0 unspecified atom stereocenters. The van der Waals surface area contributed by atoms with Crippen LogP contribution in [-0.4, -0.2) is 27.2 Å². The summed E-state index contributed by atoms with van der Waals surface area (Å²) >= 11 is 1.54. The van der Waals surface area contributed by atoms with Gasteiger partial charge in [0, 0.05) is 0 Å². The maximum absolute atomic E-state index is 5.62. The van der Waals surface area contributed by atoms with Crippen molar-refractivity contribution >= 4 is 14.0 Å². The summed E-state index contributed by atoms with van der Waals surface area (Å²) in [4.78, 5) is 0. The maximum atomic E-state index is 5.62. The third-order valence-electron chi connectivity index (χ3n) is 2.05. The Morgan fingerprint density at radius 3 is 1.48 bits per heavy atom. The van der Waals surface area contributed by atoms with Crippen molar-refractivity contribution in [3.63, 3.8) is 0 Å². The van der Waals surface area contributed by atoms with Crippen LogP contribution in [-0.2, 0) is 32.2 Å². The Hall–Kier alpha value is 0.517. The molecule has 130 valence electrons. The molecule has 2 aromatic rings. The first-order valence-corrected chi connectivity index (χ1v) is 16.1. The van der Waals surface area contributed by atoms with Gasteiger partial charge in [0.05, 0.1) is 0 Å². The zero-order valence-corrected chi connectivity index (χ0v) is 20.2. The average Bonchev–Trinajstić information content (AvgIpc) is 3.08. The summed E-state index contributed by atoms with van der Waals surface area (Å²) in [7, 11) is -1.29. The van der Waals surface area contributed by atoms with Gasteiger partial charge in [-0.1, -0.05) is 0 Å². The fraction of sp³-hybridized carbons (Fsp3) is 0.375. The van der Waals surface area contributed by atoms with Gasteiger partial charge in [0.2, 0.25) is 0 Å². The molecule has 0 atom stereocenters. The van der Waals surface area contributed by atoms with E-state index in [2.05, 4.69) is 26.2 Å². The van der Waals surface area contributed by atoms with Gasteiger partial charge in [-0.05, 0) is 0 Å². The minimum atomic E-state index is -1.29. The van der Waals surface area contributed by atoms with E-state index in [0.717, 1.165) is 13.2 Å². The molecule has 0 aromatic heterocycles. The van der Waals surface area contributed by atoms with Crippen molar-refractivity contribution in [1.29, 1.82) is 0 Å².